The van der Waals surface area contributed by atoms with Gasteiger partial charge < -0.3 is 10.4 Å². The Balaban J connectivity index is 1.91. The smallest absolute Gasteiger partial charge is 0.335 e. The Hall–Kier alpha value is -2.99. The van der Waals surface area contributed by atoms with Crippen molar-refractivity contribution in [2.75, 3.05) is 4.90 Å². The molecule has 0 bridgehead atoms. The second-order valence-corrected chi connectivity index (χ2v) is 6.29. The molecule has 2 aromatic rings. The third-order valence-electron chi connectivity index (χ3n) is 3.81. The molecule has 1 saturated heterocycles. The molecule has 6 heteroatoms. The van der Waals surface area contributed by atoms with Crippen LogP contribution in [-0.2, 0) is 4.79 Å². The number of carbonyl (C=O) groups is 2. The lowest BCUT2D eigenvalue weighted by Crippen LogP contribution is -2.30. The van der Waals surface area contributed by atoms with Crippen LogP contribution in [0.15, 0.2) is 48.2 Å². The second-order valence-electron chi connectivity index (χ2n) is 5.90. The molecule has 1 amide bonds. The lowest BCUT2D eigenvalue weighted by atomic mass is 10.1. The van der Waals surface area contributed by atoms with Gasteiger partial charge in [-0.25, -0.2) is 4.79 Å². The van der Waals surface area contributed by atoms with Gasteiger partial charge in [0.05, 0.1) is 11.3 Å². The molecule has 2 aromatic carbocycles. The van der Waals surface area contributed by atoms with Crippen LogP contribution in [-0.4, -0.2) is 22.1 Å². The molecule has 1 aliphatic heterocycles. The van der Waals surface area contributed by atoms with Gasteiger partial charge in [0.25, 0.3) is 5.91 Å². The number of hydrogen-bond acceptors (Lipinski definition) is 3. The topological polar surface area (TPSA) is 69.6 Å². The van der Waals surface area contributed by atoms with E-state index in [9.17, 15) is 9.59 Å². The molecule has 1 fully saturated rings. The number of hydrogen-bond donors (Lipinski definition) is 2. The Labute approximate surface area is 150 Å². The zero-order chi connectivity index (χ0) is 18.1. The maximum atomic E-state index is 12.7. The molecule has 0 saturated carbocycles. The van der Waals surface area contributed by atoms with Gasteiger partial charge in [-0.1, -0.05) is 18.2 Å². The number of thiocarbonyl (C=S) groups is 1. The summed E-state index contributed by atoms with van der Waals surface area (Å²) in [5, 5.41) is 12.2. The van der Waals surface area contributed by atoms with Crippen LogP contribution in [0, 0.1) is 13.8 Å². The molecule has 126 valence electrons. The highest BCUT2D eigenvalue weighted by Gasteiger charge is 2.32. The molecule has 25 heavy (non-hydrogen) atoms. The van der Waals surface area contributed by atoms with Crippen LogP contribution >= 0.6 is 12.2 Å². The van der Waals surface area contributed by atoms with E-state index in [4.69, 9.17) is 17.3 Å². The highest BCUT2D eigenvalue weighted by Crippen LogP contribution is 2.24. The Bertz CT molecular complexity index is 897. The number of aromatic carboxylic acids is 1. The summed E-state index contributed by atoms with van der Waals surface area (Å²) in [7, 11) is 0. The number of carboxylic acids is 1. The Kier molecular flexibility index (Phi) is 4.37. The van der Waals surface area contributed by atoms with Crippen molar-refractivity contribution in [2.45, 2.75) is 13.8 Å². The summed E-state index contributed by atoms with van der Waals surface area (Å²) in [6, 6.07) is 12.1. The van der Waals surface area contributed by atoms with E-state index in [1.54, 1.807) is 18.2 Å². The van der Waals surface area contributed by atoms with Gasteiger partial charge in [-0.3, -0.25) is 9.69 Å². The maximum Gasteiger partial charge on any atom is 0.335 e. The van der Waals surface area contributed by atoms with E-state index >= 15 is 0 Å². The monoisotopic (exact) mass is 352 g/mol. The number of nitrogens with zero attached hydrogens (tertiary/aromatic N) is 1. The van der Waals surface area contributed by atoms with Gasteiger partial charge in [0.2, 0.25) is 0 Å². The van der Waals surface area contributed by atoms with Gasteiger partial charge in [-0.15, -0.1) is 0 Å². The van der Waals surface area contributed by atoms with E-state index in [0.29, 0.717) is 16.4 Å². The molecule has 1 aliphatic rings. The van der Waals surface area contributed by atoms with Crippen LogP contribution in [0.4, 0.5) is 5.69 Å². The van der Waals surface area contributed by atoms with Crippen LogP contribution in [0.5, 0.6) is 0 Å². The SMILES string of the molecule is Cc1cc(C)cc(N2C(=O)/C(=C\c3ccc(C(=O)O)cc3)NC2=S)c1. The van der Waals surface area contributed by atoms with Crippen LogP contribution in [0.1, 0.15) is 27.0 Å². The number of amides is 1. The average molecular weight is 352 g/mol. The highest BCUT2D eigenvalue weighted by atomic mass is 32.1. The van der Waals surface area contributed by atoms with Crippen molar-refractivity contribution in [1.29, 1.82) is 0 Å². The fraction of sp³-hybridized carbons (Fsp3) is 0.105. The number of carboxylic acid groups (broad SMARTS) is 1. The molecule has 3 rings (SSSR count). The molecule has 2 N–H and O–H groups in total. The molecule has 0 unspecified atom stereocenters. The van der Waals surface area contributed by atoms with Gasteiger partial charge in [0, 0.05) is 0 Å². The predicted molar refractivity (Wildman–Crippen MR) is 101 cm³/mol. The summed E-state index contributed by atoms with van der Waals surface area (Å²) >= 11 is 5.31. The molecule has 0 aromatic heterocycles. The zero-order valence-corrected chi connectivity index (χ0v) is 14.6. The lowest BCUT2D eigenvalue weighted by Gasteiger charge is -2.15. The fourth-order valence-electron chi connectivity index (χ4n) is 2.74. The number of anilines is 1. The van der Waals surface area contributed by atoms with E-state index in [2.05, 4.69) is 5.32 Å². The number of carbonyl (C=O) groups excluding carboxylic acids is 1. The number of aryl methyl sites for hydroxylation is 2. The maximum absolute atomic E-state index is 12.7. The summed E-state index contributed by atoms with van der Waals surface area (Å²) in [6.07, 6.45) is 1.66. The number of benzene rings is 2. The van der Waals surface area contributed by atoms with E-state index in [0.717, 1.165) is 16.8 Å². The van der Waals surface area contributed by atoms with Gasteiger partial charge in [-0.2, -0.15) is 0 Å². The summed E-state index contributed by atoms with van der Waals surface area (Å²) < 4.78 is 0. The van der Waals surface area contributed by atoms with Crippen molar-refractivity contribution in [2.24, 2.45) is 0 Å². The third-order valence-corrected chi connectivity index (χ3v) is 4.10. The Morgan fingerprint density at radius 3 is 2.28 bits per heavy atom. The highest BCUT2D eigenvalue weighted by molar-refractivity contribution is 7.80. The van der Waals surface area contributed by atoms with Crippen LogP contribution in [0.3, 0.4) is 0 Å². The van der Waals surface area contributed by atoms with Crippen molar-refractivity contribution in [3.05, 3.63) is 70.4 Å². The summed E-state index contributed by atoms with van der Waals surface area (Å²) in [5.41, 5.74) is 4.09. The first-order valence-corrected chi connectivity index (χ1v) is 8.05. The second kappa shape index (κ2) is 6.49. The first-order valence-electron chi connectivity index (χ1n) is 7.64. The minimum absolute atomic E-state index is 0.195. The lowest BCUT2D eigenvalue weighted by molar-refractivity contribution is -0.113. The van der Waals surface area contributed by atoms with E-state index in [1.165, 1.54) is 17.0 Å². The Morgan fingerprint density at radius 1 is 1.12 bits per heavy atom. The van der Waals surface area contributed by atoms with E-state index < -0.39 is 5.97 Å². The number of rotatable bonds is 3. The van der Waals surface area contributed by atoms with E-state index in [-0.39, 0.29) is 11.5 Å². The number of nitrogens with one attached hydrogen (secondary N) is 1. The Morgan fingerprint density at radius 2 is 1.72 bits per heavy atom. The van der Waals surface area contributed by atoms with Crippen molar-refractivity contribution in [3.63, 3.8) is 0 Å². The van der Waals surface area contributed by atoms with Gasteiger partial charge in [0.15, 0.2) is 5.11 Å². The average Bonchev–Trinajstić information content (AvgIpc) is 2.81. The summed E-state index contributed by atoms with van der Waals surface area (Å²) in [5.74, 6) is -1.23. The first-order chi connectivity index (χ1) is 11.8. The van der Waals surface area contributed by atoms with Crippen LogP contribution in [0.25, 0.3) is 6.08 Å². The fourth-order valence-corrected chi connectivity index (χ4v) is 3.04. The summed E-state index contributed by atoms with van der Waals surface area (Å²) in [4.78, 5) is 25.1. The summed E-state index contributed by atoms with van der Waals surface area (Å²) in [6.45, 7) is 3.93. The van der Waals surface area contributed by atoms with Gasteiger partial charge in [0.1, 0.15) is 5.70 Å². The molecule has 0 aliphatic carbocycles. The molecule has 0 spiro atoms. The predicted octanol–water partition coefficient (Wildman–Crippen LogP) is 3.26. The van der Waals surface area contributed by atoms with Crippen LogP contribution in [0.2, 0.25) is 0 Å². The van der Waals surface area contributed by atoms with Crippen molar-refractivity contribution in [3.8, 4) is 0 Å². The quantitative estimate of drug-likeness (QED) is 0.655. The third kappa shape index (κ3) is 3.44. The molecular formula is C19H16N2O3S. The molecule has 1 heterocycles. The van der Waals surface area contributed by atoms with Crippen molar-refractivity contribution < 1.29 is 14.7 Å². The first kappa shape index (κ1) is 16.9. The van der Waals surface area contributed by atoms with Crippen LogP contribution < -0.4 is 10.2 Å². The van der Waals surface area contributed by atoms with E-state index in [1.807, 2.05) is 32.0 Å². The largest absolute Gasteiger partial charge is 0.478 e. The van der Waals surface area contributed by atoms with Gasteiger partial charge >= 0.3 is 5.97 Å². The standard InChI is InChI=1S/C19H16N2O3S/c1-11-7-12(2)9-15(8-11)21-17(22)16(20-19(21)25)10-13-3-5-14(6-4-13)18(23)24/h3-10H,1-2H3,(H,20,25)(H,23,24)/b16-10+. The molecule has 5 nitrogen and oxygen atoms in total. The minimum atomic E-state index is -0.989. The molecular weight excluding hydrogens is 336 g/mol. The molecule has 0 radical (unpaired) electrons. The van der Waals surface area contributed by atoms with Crippen molar-refractivity contribution in [1.82, 2.24) is 5.32 Å². The minimum Gasteiger partial charge on any atom is -0.478 e. The van der Waals surface area contributed by atoms with Crippen molar-refractivity contribution >= 4 is 41.0 Å². The van der Waals surface area contributed by atoms with Gasteiger partial charge in [-0.05, 0) is 73.1 Å². The molecule has 0 atom stereocenters. The normalized spacial score (nSPS) is 15.6. The zero-order valence-electron chi connectivity index (χ0n) is 13.7.